The summed E-state index contributed by atoms with van der Waals surface area (Å²) >= 11 is 0. The molecule has 4 aliphatic rings. The van der Waals surface area contributed by atoms with Crippen molar-refractivity contribution < 1.29 is 14.3 Å². The molecule has 4 fully saturated rings. The number of amides is 2. The molecule has 5 rings (SSSR count). The zero-order valence-corrected chi connectivity index (χ0v) is 17.8. The number of nitrogens with zero attached hydrogens (tertiary/aromatic N) is 3. The molecule has 0 radical (unpaired) electrons. The van der Waals surface area contributed by atoms with Crippen LogP contribution in [0.5, 0.6) is 0 Å². The number of carbonyl (C=O) groups excluding carboxylic acids is 2. The molecule has 2 amide bonds. The highest BCUT2D eigenvalue weighted by Gasteiger charge is 2.50. The molecule has 30 heavy (non-hydrogen) atoms. The normalized spacial score (nSPS) is 28.9. The molecule has 6 heteroatoms. The van der Waals surface area contributed by atoms with Crippen LogP contribution in [0.25, 0.3) is 0 Å². The van der Waals surface area contributed by atoms with Crippen LogP contribution in [0.4, 0.5) is 0 Å². The van der Waals surface area contributed by atoms with Gasteiger partial charge in [0.1, 0.15) is 0 Å². The summed E-state index contributed by atoms with van der Waals surface area (Å²) in [4.78, 5) is 32.2. The van der Waals surface area contributed by atoms with Crippen LogP contribution in [0.2, 0.25) is 0 Å². The van der Waals surface area contributed by atoms with Gasteiger partial charge in [0.15, 0.2) is 0 Å². The fourth-order valence-corrected chi connectivity index (χ4v) is 5.67. The Labute approximate surface area is 179 Å². The summed E-state index contributed by atoms with van der Waals surface area (Å²) in [5.41, 5.74) is 1.10. The molecule has 1 aliphatic carbocycles. The summed E-state index contributed by atoms with van der Waals surface area (Å²) in [6.07, 6.45) is 6.24. The van der Waals surface area contributed by atoms with Crippen molar-refractivity contribution >= 4 is 11.8 Å². The van der Waals surface area contributed by atoms with Gasteiger partial charge in [-0.3, -0.25) is 14.5 Å². The van der Waals surface area contributed by atoms with Crippen LogP contribution in [-0.4, -0.2) is 77.5 Å². The minimum absolute atomic E-state index is 0.0759. The van der Waals surface area contributed by atoms with Crippen molar-refractivity contribution in [3.8, 4) is 0 Å². The Morgan fingerprint density at radius 1 is 1.10 bits per heavy atom. The average Bonchev–Trinajstić information content (AvgIpc) is 3.19. The quantitative estimate of drug-likeness (QED) is 0.763. The summed E-state index contributed by atoms with van der Waals surface area (Å²) < 4.78 is 5.86. The van der Waals surface area contributed by atoms with Crippen LogP contribution in [0, 0.1) is 5.92 Å². The number of likely N-dealkylation sites (tertiary alicyclic amines) is 1. The van der Waals surface area contributed by atoms with Gasteiger partial charge >= 0.3 is 0 Å². The Morgan fingerprint density at radius 2 is 1.87 bits per heavy atom. The Balaban J connectivity index is 1.26. The minimum Gasteiger partial charge on any atom is -0.379 e. The largest absolute Gasteiger partial charge is 0.379 e. The van der Waals surface area contributed by atoms with Crippen LogP contribution >= 0.6 is 0 Å². The van der Waals surface area contributed by atoms with Gasteiger partial charge in [-0.2, -0.15) is 0 Å². The van der Waals surface area contributed by atoms with Crippen LogP contribution < -0.4 is 0 Å². The highest BCUT2D eigenvalue weighted by atomic mass is 16.5. The lowest BCUT2D eigenvalue weighted by Gasteiger charge is -2.52. The zero-order chi connectivity index (χ0) is 20.6. The van der Waals surface area contributed by atoms with Crippen molar-refractivity contribution in [2.24, 2.45) is 5.92 Å². The van der Waals surface area contributed by atoms with Crippen LogP contribution in [0.15, 0.2) is 30.3 Å². The zero-order valence-electron chi connectivity index (χ0n) is 17.8. The van der Waals surface area contributed by atoms with Crippen LogP contribution in [0.3, 0.4) is 0 Å². The van der Waals surface area contributed by atoms with Crippen molar-refractivity contribution in [3.63, 3.8) is 0 Å². The monoisotopic (exact) mass is 411 g/mol. The van der Waals surface area contributed by atoms with E-state index in [1.165, 1.54) is 12.0 Å². The average molecular weight is 412 g/mol. The summed E-state index contributed by atoms with van der Waals surface area (Å²) in [7, 11) is 0. The first kappa shape index (κ1) is 20.0. The number of ether oxygens (including phenoxy) is 1. The maximum absolute atomic E-state index is 13.1. The van der Waals surface area contributed by atoms with E-state index in [9.17, 15) is 9.59 Å². The van der Waals surface area contributed by atoms with Crippen molar-refractivity contribution in [3.05, 3.63) is 35.9 Å². The van der Waals surface area contributed by atoms with E-state index >= 15 is 0 Å². The Kier molecular flexibility index (Phi) is 5.54. The van der Waals surface area contributed by atoms with E-state index in [4.69, 9.17) is 4.74 Å². The Morgan fingerprint density at radius 3 is 2.50 bits per heavy atom. The number of piperidine rings is 1. The first-order chi connectivity index (χ1) is 14.6. The molecule has 1 atom stereocenters. The highest BCUT2D eigenvalue weighted by molar-refractivity contribution is 5.80. The minimum atomic E-state index is -0.0759. The number of rotatable bonds is 4. The van der Waals surface area contributed by atoms with Gasteiger partial charge in [-0.05, 0) is 37.7 Å². The fourth-order valence-electron chi connectivity index (χ4n) is 5.67. The number of benzene rings is 1. The molecule has 0 N–H and O–H groups in total. The first-order valence-electron chi connectivity index (χ1n) is 11.6. The van der Waals surface area contributed by atoms with E-state index in [1.807, 2.05) is 23.1 Å². The summed E-state index contributed by atoms with van der Waals surface area (Å²) in [6.45, 7) is 5.00. The molecule has 1 unspecified atom stereocenters. The van der Waals surface area contributed by atoms with E-state index in [-0.39, 0.29) is 17.4 Å². The summed E-state index contributed by atoms with van der Waals surface area (Å²) in [5.74, 6) is 0.853. The third-order valence-corrected chi connectivity index (χ3v) is 7.72. The second-order valence-corrected chi connectivity index (χ2v) is 9.57. The summed E-state index contributed by atoms with van der Waals surface area (Å²) in [5, 5.41) is 0. The molecule has 1 spiro atoms. The van der Waals surface area contributed by atoms with Gasteiger partial charge in [-0.25, -0.2) is 0 Å². The van der Waals surface area contributed by atoms with E-state index < -0.39 is 0 Å². The molecule has 3 aliphatic heterocycles. The van der Waals surface area contributed by atoms with E-state index in [0.717, 1.165) is 58.3 Å². The predicted molar refractivity (Wildman–Crippen MR) is 114 cm³/mol. The maximum atomic E-state index is 13.1. The lowest BCUT2D eigenvalue weighted by atomic mass is 9.83. The lowest BCUT2D eigenvalue weighted by Crippen LogP contribution is -2.68. The number of hydrogen-bond donors (Lipinski definition) is 0. The van der Waals surface area contributed by atoms with Crippen LogP contribution in [-0.2, 0) is 20.9 Å². The highest BCUT2D eigenvalue weighted by Crippen LogP contribution is 2.36. The smallest absolute Gasteiger partial charge is 0.237 e. The molecule has 3 heterocycles. The molecular formula is C24H33N3O3. The predicted octanol–water partition coefficient (Wildman–Crippen LogP) is 2.28. The Bertz CT molecular complexity index is 765. The van der Waals surface area contributed by atoms with Gasteiger partial charge in [0, 0.05) is 44.7 Å². The third-order valence-electron chi connectivity index (χ3n) is 7.72. The van der Waals surface area contributed by atoms with Crippen molar-refractivity contribution in [2.45, 2.75) is 56.7 Å². The second-order valence-electron chi connectivity index (χ2n) is 9.57. The maximum Gasteiger partial charge on any atom is 0.237 e. The van der Waals surface area contributed by atoms with Crippen molar-refractivity contribution in [1.82, 2.24) is 14.7 Å². The molecule has 6 nitrogen and oxygen atoms in total. The number of carbonyl (C=O) groups is 2. The topological polar surface area (TPSA) is 53.1 Å². The van der Waals surface area contributed by atoms with Crippen molar-refractivity contribution in [1.29, 1.82) is 0 Å². The van der Waals surface area contributed by atoms with Crippen LogP contribution in [0.1, 0.15) is 44.1 Å². The van der Waals surface area contributed by atoms with Gasteiger partial charge in [-0.1, -0.05) is 36.8 Å². The van der Waals surface area contributed by atoms with Gasteiger partial charge in [-0.15, -0.1) is 0 Å². The van der Waals surface area contributed by atoms with E-state index in [2.05, 4.69) is 21.9 Å². The first-order valence-corrected chi connectivity index (χ1v) is 11.6. The van der Waals surface area contributed by atoms with Crippen molar-refractivity contribution in [2.75, 3.05) is 39.4 Å². The molecule has 1 saturated carbocycles. The standard InChI is InChI=1S/C24H33N3O3/c28-22-16-27(21-9-12-25(13-10-21)23(29)20-7-4-8-20)24(11-14-30-18-24)17-26(22)15-19-5-2-1-3-6-19/h1-3,5-6,20-21H,4,7-18H2. The van der Waals surface area contributed by atoms with Gasteiger partial charge < -0.3 is 14.5 Å². The second kappa shape index (κ2) is 8.31. The number of hydrogen-bond acceptors (Lipinski definition) is 4. The molecular weight excluding hydrogens is 378 g/mol. The molecule has 0 aromatic heterocycles. The fraction of sp³-hybridized carbons (Fsp3) is 0.667. The van der Waals surface area contributed by atoms with Gasteiger partial charge in [0.05, 0.1) is 18.7 Å². The molecule has 3 saturated heterocycles. The summed E-state index contributed by atoms with van der Waals surface area (Å²) in [6, 6.07) is 10.6. The number of piperazine rings is 1. The molecule has 0 bridgehead atoms. The molecule has 162 valence electrons. The van der Waals surface area contributed by atoms with Gasteiger partial charge in [0.2, 0.25) is 11.8 Å². The third kappa shape index (κ3) is 3.76. The van der Waals surface area contributed by atoms with E-state index in [1.54, 1.807) is 0 Å². The molecule has 1 aromatic carbocycles. The van der Waals surface area contributed by atoms with Gasteiger partial charge in [0.25, 0.3) is 0 Å². The SMILES string of the molecule is O=C1CN(C2CCN(C(=O)C3CCC3)CC2)C2(CCOC2)CN1Cc1ccccc1. The van der Waals surface area contributed by atoms with E-state index in [0.29, 0.717) is 31.6 Å². The Hall–Kier alpha value is -1.92. The lowest BCUT2D eigenvalue weighted by molar-refractivity contribution is -0.150. The molecule has 1 aromatic rings.